The maximum atomic E-state index is 13.1. The SMILES string of the molecule is Cc1cccc(C(=O)CCc2sc3cc(C(F)(F)F)ccc3c2CC(C)C)c1. The number of benzene rings is 2. The van der Waals surface area contributed by atoms with Crippen LogP contribution in [0.1, 0.15) is 52.2 Å². The Labute approximate surface area is 167 Å². The largest absolute Gasteiger partial charge is 0.416 e. The number of alkyl halides is 3. The third-order valence-electron chi connectivity index (χ3n) is 4.74. The van der Waals surface area contributed by atoms with Crippen molar-refractivity contribution < 1.29 is 18.0 Å². The zero-order chi connectivity index (χ0) is 20.5. The molecule has 0 saturated heterocycles. The summed E-state index contributed by atoms with van der Waals surface area (Å²) in [5.74, 6) is 0.443. The average Bonchev–Trinajstić information content (AvgIpc) is 2.95. The molecule has 0 atom stereocenters. The van der Waals surface area contributed by atoms with Crippen LogP contribution in [0.2, 0.25) is 0 Å². The summed E-state index contributed by atoms with van der Waals surface area (Å²) in [6.07, 6.45) is -2.65. The average molecular weight is 404 g/mol. The highest BCUT2D eigenvalue weighted by molar-refractivity contribution is 7.19. The molecule has 0 bridgehead atoms. The minimum absolute atomic E-state index is 0.0626. The predicted molar refractivity (Wildman–Crippen MR) is 109 cm³/mol. The number of fused-ring (bicyclic) bond motifs is 1. The molecule has 0 aliphatic heterocycles. The van der Waals surface area contributed by atoms with E-state index in [1.165, 1.54) is 17.4 Å². The smallest absolute Gasteiger partial charge is 0.294 e. The molecule has 3 aromatic rings. The number of carbonyl (C=O) groups is 1. The van der Waals surface area contributed by atoms with E-state index in [4.69, 9.17) is 0 Å². The lowest BCUT2D eigenvalue weighted by atomic mass is 9.96. The molecular formula is C23H23F3OS. The molecule has 1 aromatic heterocycles. The Kier molecular flexibility index (Phi) is 5.94. The first-order chi connectivity index (χ1) is 13.1. The van der Waals surface area contributed by atoms with E-state index in [9.17, 15) is 18.0 Å². The van der Waals surface area contributed by atoms with E-state index in [2.05, 4.69) is 13.8 Å². The lowest BCUT2D eigenvalue weighted by Gasteiger charge is -2.09. The molecule has 0 aliphatic rings. The maximum Gasteiger partial charge on any atom is 0.416 e. The highest BCUT2D eigenvalue weighted by Gasteiger charge is 2.31. The Bertz CT molecular complexity index is 999. The Morgan fingerprint density at radius 3 is 2.50 bits per heavy atom. The summed E-state index contributed by atoms with van der Waals surface area (Å²) in [5, 5.41) is 0.879. The summed E-state index contributed by atoms with van der Waals surface area (Å²) in [6, 6.07) is 11.5. The first kappa shape index (κ1) is 20.6. The van der Waals surface area contributed by atoms with Gasteiger partial charge in [0.25, 0.3) is 0 Å². The van der Waals surface area contributed by atoms with E-state index in [0.717, 1.165) is 33.9 Å². The van der Waals surface area contributed by atoms with Crippen molar-refractivity contribution in [3.05, 3.63) is 69.6 Å². The number of hydrogen-bond acceptors (Lipinski definition) is 2. The van der Waals surface area contributed by atoms with Crippen molar-refractivity contribution in [3.8, 4) is 0 Å². The van der Waals surface area contributed by atoms with Crippen molar-refractivity contribution in [2.24, 2.45) is 5.92 Å². The minimum Gasteiger partial charge on any atom is -0.294 e. The first-order valence-electron chi connectivity index (χ1n) is 9.36. The van der Waals surface area contributed by atoms with Crippen LogP contribution in [0.4, 0.5) is 13.2 Å². The van der Waals surface area contributed by atoms with E-state index < -0.39 is 11.7 Å². The Hall–Kier alpha value is -2.14. The first-order valence-corrected chi connectivity index (χ1v) is 10.2. The van der Waals surface area contributed by atoms with E-state index in [1.54, 1.807) is 6.07 Å². The summed E-state index contributed by atoms with van der Waals surface area (Å²) in [4.78, 5) is 13.6. The van der Waals surface area contributed by atoms with Gasteiger partial charge >= 0.3 is 6.18 Å². The van der Waals surface area contributed by atoms with Gasteiger partial charge in [0.15, 0.2) is 5.78 Å². The zero-order valence-corrected chi connectivity index (χ0v) is 17.0. The van der Waals surface area contributed by atoms with Crippen molar-refractivity contribution in [1.29, 1.82) is 0 Å². The van der Waals surface area contributed by atoms with Crippen LogP contribution in [-0.2, 0) is 19.0 Å². The van der Waals surface area contributed by atoms with Crippen LogP contribution in [0, 0.1) is 12.8 Å². The summed E-state index contributed by atoms with van der Waals surface area (Å²) in [7, 11) is 0. The van der Waals surface area contributed by atoms with Gasteiger partial charge in [0.2, 0.25) is 0 Å². The molecule has 28 heavy (non-hydrogen) atoms. The van der Waals surface area contributed by atoms with E-state index >= 15 is 0 Å². The van der Waals surface area contributed by atoms with Crippen LogP contribution in [0.5, 0.6) is 0 Å². The lowest BCUT2D eigenvalue weighted by Crippen LogP contribution is -2.04. The Morgan fingerprint density at radius 1 is 1.11 bits per heavy atom. The van der Waals surface area contributed by atoms with Crippen LogP contribution < -0.4 is 0 Å². The van der Waals surface area contributed by atoms with Crippen LogP contribution >= 0.6 is 11.3 Å². The van der Waals surface area contributed by atoms with Gasteiger partial charge in [-0.3, -0.25) is 4.79 Å². The van der Waals surface area contributed by atoms with Gasteiger partial charge in [-0.15, -0.1) is 11.3 Å². The van der Waals surface area contributed by atoms with Gasteiger partial charge in [-0.2, -0.15) is 13.2 Å². The molecule has 5 heteroatoms. The molecule has 2 aromatic carbocycles. The summed E-state index contributed by atoms with van der Waals surface area (Å²) in [6.45, 7) is 6.13. The van der Waals surface area contributed by atoms with E-state index in [1.807, 2.05) is 31.2 Å². The molecular weight excluding hydrogens is 381 g/mol. The number of thiophene rings is 1. The fourth-order valence-electron chi connectivity index (χ4n) is 3.40. The van der Waals surface area contributed by atoms with Gasteiger partial charge in [0.1, 0.15) is 0 Å². The Balaban J connectivity index is 1.91. The second-order valence-corrected chi connectivity index (χ2v) is 8.74. The normalized spacial score (nSPS) is 12.1. The molecule has 3 rings (SSSR count). The van der Waals surface area contributed by atoms with Crippen LogP contribution in [0.25, 0.3) is 10.1 Å². The number of halogens is 3. The molecule has 0 radical (unpaired) electrons. The number of aryl methyl sites for hydroxylation is 2. The highest BCUT2D eigenvalue weighted by atomic mass is 32.1. The molecule has 0 fully saturated rings. The van der Waals surface area contributed by atoms with Crippen molar-refractivity contribution >= 4 is 27.2 Å². The van der Waals surface area contributed by atoms with Gasteiger partial charge in [-0.25, -0.2) is 0 Å². The van der Waals surface area contributed by atoms with E-state index in [0.29, 0.717) is 29.0 Å². The van der Waals surface area contributed by atoms with Crippen LogP contribution in [0.3, 0.4) is 0 Å². The third kappa shape index (κ3) is 4.64. The second kappa shape index (κ2) is 8.08. The quantitative estimate of drug-likeness (QED) is 0.396. The van der Waals surface area contributed by atoms with Crippen molar-refractivity contribution in [3.63, 3.8) is 0 Å². The minimum atomic E-state index is -4.35. The molecule has 0 spiro atoms. The lowest BCUT2D eigenvalue weighted by molar-refractivity contribution is -0.137. The number of ketones is 1. The fourth-order valence-corrected chi connectivity index (χ4v) is 4.67. The summed E-state index contributed by atoms with van der Waals surface area (Å²) < 4.78 is 39.8. The summed E-state index contributed by atoms with van der Waals surface area (Å²) in [5.41, 5.74) is 2.18. The fraction of sp³-hybridized carbons (Fsp3) is 0.348. The maximum absolute atomic E-state index is 13.1. The van der Waals surface area contributed by atoms with Gasteiger partial charge in [-0.1, -0.05) is 43.7 Å². The highest BCUT2D eigenvalue weighted by Crippen LogP contribution is 2.38. The standard InChI is InChI=1S/C23H23F3OS/c1-14(2)11-19-18-8-7-17(23(24,25)26)13-22(18)28-21(19)10-9-20(27)16-6-4-5-15(3)12-16/h4-8,12-14H,9-11H2,1-3H3. The number of Topliss-reactive ketones (excluding diaryl/α,β-unsaturated/α-hetero) is 1. The van der Waals surface area contributed by atoms with Crippen molar-refractivity contribution in [1.82, 2.24) is 0 Å². The third-order valence-corrected chi connectivity index (χ3v) is 5.99. The molecule has 0 N–H and O–H groups in total. The molecule has 1 heterocycles. The Morgan fingerprint density at radius 2 is 1.86 bits per heavy atom. The van der Waals surface area contributed by atoms with Crippen LogP contribution in [0.15, 0.2) is 42.5 Å². The van der Waals surface area contributed by atoms with Gasteiger partial charge in [0.05, 0.1) is 5.56 Å². The van der Waals surface area contributed by atoms with E-state index in [-0.39, 0.29) is 5.78 Å². The van der Waals surface area contributed by atoms with Gasteiger partial charge in [-0.05, 0) is 54.8 Å². The summed E-state index contributed by atoms with van der Waals surface area (Å²) >= 11 is 1.38. The molecule has 0 saturated carbocycles. The number of hydrogen-bond donors (Lipinski definition) is 0. The monoisotopic (exact) mass is 404 g/mol. The van der Waals surface area contributed by atoms with Gasteiger partial charge < -0.3 is 0 Å². The van der Waals surface area contributed by atoms with Crippen molar-refractivity contribution in [2.45, 2.75) is 46.2 Å². The number of rotatable bonds is 6. The van der Waals surface area contributed by atoms with Crippen LogP contribution in [-0.4, -0.2) is 5.78 Å². The zero-order valence-electron chi connectivity index (χ0n) is 16.2. The van der Waals surface area contributed by atoms with Crippen molar-refractivity contribution in [2.75, 3.05) is 0 Å². The van der Waals surface area contributed by atoms with Gasteiger partial charge in [0, 0.05) is 21.6 Å². The molecule has 0 aliphatic carbocycles. The predicted octanol–water partition coefficient (Wildman–Crippen LogP) is 7.24. The molecule has 0 amide bonds. The second-order valence-electron chi connectivity index (χ2n) is 7.60. The molecule has 1 nitrogen and oxygen atoms in total. The molecule has 0 unspecified atom stereocenters. The molecule has 148 valence electrons. The topological polar surface area (TPSA) is 17.1 Å². The number of carbonyl (C=O) groups excluding carboxylic acids is 1.